The molecule has 0 aliphatic carbocycles. The fraction of sp³-hybridized carbons (Fsp3) is 0.387. The molecule has 1 aliphatic heterocycles. The van der Waals surface area contributed by atoms with E-state index in [0.717, 1.165) is 16.6 Å². The minimum absolute atomic E-state index is 0.117. The summed E-state index contributed by atoms with van der Waals surface area (Å²) in [5, 5.41) is 5.76. The molecule has 2 aromatic heterocycles. The molecule has 2 bridgehead atoms. The zero-order valence-electron chi connectivity index (χ0n) is 24.6. The van der Waals surface area contributed by atoms with Crippen molar-refractivity contribution in [1.82, 2.24) is 35.1 Å². The average Bonchev–Trinajstić information content (AvgIpc) is 3.64. The number of nitrogens with zero attached hydrogens (tertiary/aromatic N) is 4. The summed E-state index contributed by atoms with van der Waals surface area (Å²) in [7, 11) is 1.56. The van der Waals surface area contributed by atoms with Gasteiger partial charge in [0.05, 0.1) is 31.2 Å². The number of carbonyl (C=O) groups excluding carboxylic acids is 3. The molecule has 12 heteroatoms. The topological polar surface area (TPSA) is 143 Å². The quantitative estimate of drug-likeness (QED) is 0.326. The molecule has 4 aromatic rings. The molecular formula is C31H37N7O5. The van der Waals surface area contributed by atoms with Crippen molar-refractivity contribution in [2.45, 2.75) is 39.3 Å². The number of rotatable bonds is 5. The van der Waals surface area contributed by atoms with E-state index in [0.29, 0.717) is 42.7 Å². The molecule has 0 spiro atoms. The van der Waals surface area contributed by atoms with Crippen molar-refractivity contribution < 1.29 is 23.9 Å². The van der Waals surface area contributed by atoms with Crippen LogP contribution in [0.3, 0.4) is 0 Å². The number of hydrogen-bond acceptors (Lipinski definition) is 7. The summed E-state index contributed by atoms with van der Waals surface area (Å²) >= 11 is 0. The van der Waals surface area contributed by atoms with Crippen LogP contribution in [0, 0.1) is 5.92 Å². The monoisotopic (exact) mass is 587 g/mol. The fourth-order valence-corrected chi connectivity index (χ4v) is 5.08. The minimum Gasteiger partial charge on any atom is -0.493 e. The van der Waals surface area contributed by atoms with Crippen LogP contribution in [0.25, 0.3) is 22.4 Å². The van der Waals surface area contributed by atoms with Crippen molar-refractivity contribution in [1.29, 1.82) is 0 Å². The molecule has 0 radical (unpaired) electrons. The number of nitrogens with one attached hydrogen (secondary N) is 3. The molecule has 43 heavy (non-hydrogen) atoms. The highest BCUT2D eigenvalue weighted by Crippen LogP contribution is 2.32. The van der Waals surface area contributed by atoms with E-state index in [1.54, 1.807) is 19.4 Å². The number of amides is 3. The van der Waals surface area contributed by atoms with E-state index in [9.17, 15) is 14.4 Å². The Kier molecular flexibility index (Phi) is 9.23. The zero-order chi connectivity index (χ0) is 30.3. The van der Waals surface area contributed by atoms with Gasteiger partial charge in [-0.3, -0.25) is 14.4 Å². The number of aryl methyl sites for hydroxylation is 1. The van der Waals surface area contributed by atoms with Gasteiger partial charge in [-0.05, 0) is 36.2 Å². The number of fused-ring (bicyclic) bond motifs is 5. The summed E-state index contributed by atoms with van der Waals surface area (Å²) in [6, 6.07) is 12.4. The van der Waals surface area contributed by atoms with Crippen LogP contribution < -0.4 is 20.1 Å². The molecule has 3 amide bonds. The van der Waals surface area contributed by atoms with Crippen LogP contribution in [-0.4, -0.2) is 81.5 Å². The number of aromatic nitrogens is 4. The second kappa shape index (κ2) is 13.4. The van der Waals surface area contributed by atoms with Gasteiger partial charge in [0.2, 0.25) is 17.7 Å². The molecule has 12 nitrogen and oxygen atoms in total. The Morgan fingerprint density at radius 1 is 1.16 bits per heavy atom. The Labute approximate surface area is 249 Å². The zero-order valence-corrected chi connectivity index (χ0v) is 24.6. The first kappa shape index (κ1) is 29.6. The van der Waals surface area contributed by atoms with E-state index in [-0.39, 0.29) is 43.8 Å². The van der Waals surface area contributed by atoms with Gasteiger partial charge in [-0.25, -0.2) is 9.97 Å². The molecule has 2 aromatic carbocycles. The lowest BCUT2D eigenvalue weighted by Crippen LogP contribution is -2.53. The van der Waals surface area contributed by atoms with Crippen molar-refractivity contribution in [2.24, 2.45) is 5.92 Å². The predicted octanol–water partition coefficient (Wildman–Crippen LogP) is 2.55. The maximum absolute atomic E-state index is 13.4. The Morgan fingerprint density at radius 2 is 2.00 bits per heavy atom. The molecule has 0 unspecified atom stereocenters. The van der Waals surface area contributed by atoms with Gasteiger partial charge in [0.15, 0.2) is 11.5 Å². The largest absolute Gasteiger partial charge is 0.493 e. The average molecular weight is 588 g/mol. The molecule has 0 fully saturated rings. The maximum atomic E-state index is 13.4. The van der Waals surface area contributed by atoms with Gasteiger partial charge < -0.3 is 34.6 Å². The van der Waals surface area contributed by atoms with Crippen LogP contribution in [-0.2, 0) is 27.3 Å². The lowest BCUT2D eigenvalue weighted by Gasteiger charge is -2.26. The second-order valence-corrected chi connectivity index (χ2v) is 10.8. The second-order valence-electron chi connectivity index (χ2n) is 10.8. The van der Waals surface area contributed by atoms with E-state index in [4.69, 9.17) is 9.47 Å². The van der Waals surface area contributed by atoms with E-state index in [2.05, 4.69) is 25.6 Å². The summed E-state index contributed by atoms with van der Waals surface area (Å²) in [6.07, 6.45) is 4.07. The Hall–Kier alpha value is -4.87. The number of para-hydroxylation sites is 2. The Morgan fingerprint density at radius 3 is 2.79 bits per heavy atom. The van der Waals surface area contributed by atoms with Crippen LogP contribution in [0.5, 0.6) is 11.5 Å². The fourth-order valence-electron chi connectivity index (χ4n) is 5.08. The van der Waals surface area contributed by atoms with Crippen LogP contribution in [0.2, 0.25) is 0 Å². The number of benzene rings is 2. The van der Waals surface area contributed by atoms with Crippen LogP contribution in [0.15, 0.2) is 54.9 Å². The molecule has 0 saturated heterocycles. The molecule has 3 heterocycles. The summed E-state index contributed by atoms with van der Waals surface area (Å²) in [6.45, 7) is 4.60. The first-order valence-corrected chi connectivity index (χ1v) is 14.4. The molecule has 1 atom stereocenters. The van der Waals surface area contributed by atoms with Gasteiger partial charge >= 0.3 is 0 Å². The number of H-pyrrole nitrogens is 1. The maximum Gasteiger partial charge on any atom is 0.242 e. The summed E-state index contributed by atoms with van der Waals surface area (Å²) < 4.78 is 13.6. The lowest BCUT2D eigenvalue weighted by atomic mass is 10.0. The van der Waals surface area contributed by atoms with Gasteiger partial charge in [-0.15, -0.1) is 0 Å². The third kappa shape index (κ3) is 7.14. The predicted molar refractivity (Wildman–Crippen MR) is 160 cm³/mol. The smallest absolute Gasteiger partial charge is 0.242 e. The van der Waals surface area contributed by atoms with Crippen LogP contribution >= 0.6 is 0 Å². The van der Waals surface area contributed by atoms with Crippen LogP contribution in [0.4, 0.5) is 0 Å². The van der Waals surface area contributed by atoms with Gasteiger partial charge in [0.1, 0.15) is 24.3 Å². The van der Waals surface area contributed by atoms with E-state index in [1.165, 1.54) is 4.90 Å². The third-order valence-electron chi connectivity index (χ3n) is 7.37. The van der Waals surface area contributed by atoms with Gasteiger partial charge in [-0.1, -0.05) is 26.0 Å². The molecule has 0 saturated carbocycles. The number of hydrogen-bond donors (Lipinski definition) is 3. The highest BCUT2D eigenvalue weighted by Gasteiger charge is 2.26. The van der Waals surface area contributed by atoms with Crippen molar-refractivity contribution in [3.8, 4) is 22.9 Å². The molecule has 1 aliphatic rings. The number of methoxy groups -OCH3 is 1. The highest BCUT2D eigenvalue weighted by atomic mass is 16.5. The number of imidazole rings is 2. The normalized spacial score (nSPS) is 16.7. The van der Waals surface area contributed by atoms with E-state index < -0.39 is 11.9 Å². The van der Waals surface area contributed by atoms with Gasteiger partial charge in [0, 0.05) is 43.9 Å². The SMILES string of the molecule is COc1ccc2cc1OCCN(C(=O)CCc1nc3ccccc3[nH]1)CC(=O)N[C@H](C(C)C)C(=O)NCCn1ccnc1-2. The van der Waals surface area contributed by atoms with Crippen molar-refractivity contribution in [3.63, 3.8) is 0 Å². The first-order valence-electron chi connectivity index (χ1n) is 14.4. The van der Waals surface area contributed by atoms with E-state index in [1.807, 2.05) is 61.0 Å². The Balaban J connectivity index is 1.38. The van der Waals surface area contributed by atoms with Crippen molar-refractivity contribution >= 4 is 28.8 Å². The Bertz CT molecular complexity index is 1560. The van der Waals surface area contributed by atoms with Crippen molar-refractivity contribution in [3.05, 3.63) is 60.7 Å². The van der Waals surface area contributed by atoms with Crippen molar-refractivity contribution in [2.75, 3.05) is 33.4 Å². The summed E-state index contributed by atoms with van der Waals surface area (Å²) in [5.74, 6) is 1.33. The third-order valence-corrected chi connectivity index (χ3v) is 7.37. The number of carbonyl (C=O) groups is 3. The summed E-state index contributed by atoms with van der Waals surface area (Å²) in [4.78, 5) is 53.5. The molecule has 5 rings (SSSR count). The first-order chi connectivity index (χ1) is 20.8. The van der Waals surface area contributed by atoms with Gasteiger partial charge in [-0.2, -0.15) is 0 Å². The highest BCUT2D eigenvalue weighted by molar-refractivity contribution is 5.90. The van der Waals surface area contributed by atoms with E-state index >= 15 is 0 Å². The van der Waals surface area contributed by atoms with Gasteiger partial charge in [0.25, 0.3) is 0 Å². The summed E-state index contributed by atoms with van der Waals surface area (Å²) in [5.41, 5.74) is 2.54. The minimum atomic E-state index is -0.756. The standard InChI is InChI=1S/C31H37N7O5/c1-20(2)29-31(41)33-13-15-37-14-12-32-30(37)21-8-9-24(42-3)25(18-21)43-17-16-38(19-27(39)36-29)28(40)11-10-26-34-22-6-4-5-7-23(22)35-26/h4-9,12,14,18,20,29H,10-11,13,15-17,19H2,1-3H3,(H,33,41)(H,34,35)(H,36,39)/t29-/m1/s1. The molecular weight excluding hydrogens is 550 g/mol. The lowest BCUT2D eigenvalue weighted by molar-refractivity contribution is -0.137. The van der Waals surface area contributed by atoms with Crippen LogP contribution in [0.1, 0.15) is 26.1 Å². The molecule has 3 N–H and O–H groups in total. The number of aromatic amines is 1. The molecule has 226 valence electrons. The number of ether oxygens (including phenoxy) is 2.